The molecule has 2 heteroatoms. The quantitative estimate of drug-likeness (QED) is 0.616. The number of hydrogen-bond acceptors (Lipinski definition) is 2. The van der Waals surface area contributed by atoms with E-state index >= 15 is 0 Å². The Bertz CT molecular complexity index is 119. The molecule has 1 atom stereocenters. The number of unbranched alkanes of at least 4 members (excludes halogenated alkanes) is 2. The average Bonchev–Trinajstić information content (AvgIpc) is 1.99. The third-order valence-corrected chi connectivity index (χ3v) is 2.96. The van der Waals surface area contributed by atoms with Crippen LogP contribution in [0, 0.1) is 5.92 Å². The minimum absolute atomic E-state index is 0.427. The smallest absolute Gasteiger partial charge is 0.00683 e. The van der Waals surface area contributed by atoms with Crippen LogP contribution in [0.1, 0.15) is 45.4 Å². The molecular formula is C10H22N2. The van der Waals surface area contributed by atoms with Gasteiger partial charge >= 0.3 is 0 Å². The monoisotopic (exact) mass is 170 g/mol. The normalized spacial score (nSPS) is 31.2. The van der Waals surface area contributed by atoms with Gasteiger partial charge in [0.25, 0.3) is 0 Å². The van der Waals surface area contributed by atoms with Crippen LogP contribution in [0.4, 0.5) is 0 Å². The molecule has 1 rings (SSSR count). The number of rotatable bonds is 5. The molecule has 0 heterocycles. The van der Waals surface area contributed by atoms with Crippen molar-refractivity contribution in [3.8, 4) is 0 Å². The van der Waals surface area contributed by atoms with E-state index in [1.54, 1.807) is 0 Å². The molecule has 0 aromatic rings. The fourth-order valence-corrected chi connectivity index (χ4v) is 1.92. The molecule has 0 bridgehead atoms. The van der Waals surface area contributed by atoms with E-state index < -0.39 is 0 Å². The van der Waals surface area contributed by atoms with E-state index in [1.807, 2.05) is 0 Å². The van der Waals surface area contributed by atoms with Crippen LogP contribution < -0.4 is 11.5 Å². The van der Waals surface area contributed by atoms with Crippen molar-refractivity contribution >= 4 is 0 Å². The van der Waals surface area contributed by atoms with Crippen molar-refractivity contribution in [2.24, 2.45) is 17.4 Å². The molecule has 1 saturated carbocycles. The van der Waals surface area contributed by atoms with Gasteiger partial charge in [0, 0.05) is 12.1 Å². The Kier molecular flexibility index (Phi) is 4.02. The Morgan fingerprint density at radius 3 is 2.50 bits per heavy atom. The maximum Gasteiger partial charge on any atom is 0.00683 e. The first-order valence-corrected chi connectivity index (χ1v) is 5.25. The Labute approximate surface area is 75.7 Å². The van der Waals surface area contributed by atoms with Gasteiger partial charge in [-0.2, -0.15) is 0 Å². The minimum Gasteiger partial charge on any atom is -0.328 e. The summed E-state index contributed by atoms with van der Waals surface area (Å²) in [6, 6.07) is 0.878. The maximum atomic E-state index is 6.03. The molecular weight excluding hydrogens is 148 g/mol. The van der Waals surface area contributed by atoms with E-state index in [2.05, 4.69) is 6.92 Å². The van der Waals surface area contributed by atoms with Crippen LogP contribution in [0.5, 0.6) is 0 Å². The van der Waals surface area contributed by atoms with Gasteiger partial charge in [-0.15, -0.1) is 0 Å². The molecule has 1 aliphatic rings. The summed E-state index contributed by atoms with van der Waals surface area (Å²) in [5, 5.41) is 0. The van der Waals surface area contributed by atoms with Crippen molar-refractivity contribution in [3.63, 3.8) is 0 Å². The molecule has 4 N–H and O–H groups in total. The minimum atomic E-state index is 0.427. The number of hydrogen-bond donors (Lipinski definition) is 2. The van der Waals surface area contributed by atoms with Crippen LogP contribution in [0.15, 0.2) is 0 Å². The van der Waals surface area contributed by atoms with Gasteiger partial charge in [0.1, 0.15) is 0 Å². The standard InChI is InChI=1S/C10H22N2/c1-2-3-4-5-10(12)8-6-9(11)7-8/h8-10H,2-7,11-12H2,1H3. The van der Waals surface area contributed by atoms with Crippen molar-refractivity contribution in [2.75, 3.05) is 0 Å². The highest BCUT2D eigenvalue weighted by molar-refractivity contribution is 4.88. The van der Waals surface area contributed by atoms with Crippen molar-refractivity contribution in [1.82, 2.24) is 0 Å². The fraction of sp³-hybridized carbons (Fsp3) is 1.00. The second kappa shape index (κ2) is 4.83. The Morgan fingerprint density at radius 1 is 1.33 bits per heavy atom. The van der Waals surface area contributed by atoms with Crippen LogP contribution in [0.3, 0.4) is 0 Å². The Balaban J connectivity index is 2.00. The van der Waals surface area contributed by atoms with Crippen molar-refractivity contribution in [1.29, 1.82) is 0 Å². The van der Waals surface area contributed by atoms with Gasteiger partial charge in [0.2, 0.25) is 0 Å². The summed E-state index contributed by atoms with van der Waals surface area (Å²) in [4.78, 5) is 0. The predicted molar refractivity (Wildman–Crippen MR) is 52.8 cm³/mol. The third kappa shape index (κ3) is 2.76. The van der Waals surface area contributed by atoms with E-state index in [9.17, 15) is 0 Å². The summed E-state index contributed by atoms with van der Waals surface area (Å²) in [5.41, 5.74) is 11.7. The molecule has 0 amide bonds. The maximum absolute atomic E-state index is 6.03. The molecule has 0 aromatic carbocycles. The van der Waals surface area contributed by atoms with E-state index in [0.717, 1.165) is 18.8 Å². The highest BCUT2D eigenvalue weighted by Gasteiger charge is 2.30. The topological polar surface area (TPSA) is 52.0 Å². The molecule has 0 aromatic heterocycles. The zero-order valence-corrected chi connectivity index (χ0v) is 8.13. The van der Waals surface area contributed by atoms with Gasteiger partial charge in [-0.1, -0.05) is 26.2 Å². The van der Waals surface area contributed by atoms with Crippen molar-refractivity contribution in [2.45, 2.75) is 57.5 Å². The highest BCUT2D eigenvalue weighted by atomic mass is 14.7. The van der Waals surface area contributed by atoms with E-state index in [0.29, 0.717) is 12.1 Å². The summed E-state index contributed by atoms with van der Waals surface area (Å²) in [5.74, 6) is 0.733. The van der Waals surface area contributed by atoms with E-state index in [4.69, 9.17) is 11.5 Å². The van der Waals surface area contributed by atoms with Gasteiger partial charge in [-0.05, 0) is 25.2 Å². The average molecular weight is 170 g/mol. The second-order valence-corrected chi connectivity index (χ2v) is 4.15. The summed E-state index contributed by atoms with van der Waals surface area (Å²) in [6.45, 7) is 2.23. The Hall–Kier alpha value is -0.0800. The van der Waals surface area contributed by atoms with Gasteiger partial charge < -0.3 is 11.5 Å². The Morgan fingerprint density at radius 2 is 2.00 bits per heavy atom. The van der Waals surface area contributed by atoms with Crippen LogP contribution in [0.25, 0.3) is 0 Å². The van der Waals surface area contributed by atoms with Crippen molar-refractivity contribution in [3.05, 3.63) is 0 Å². The molecule has 0 aliphatic heterocycles. The second-order valence-electron chi connectivity index (χ2n) is 4.15. The lowest BCUT2D eigenvalue weighted by molar-refractivity contribution is 0.213. The van der Waals surface area contributed by atoms with E-state index in [1.165, 1.54) is 25.7 Å². The lowest BCUT2D eigenvalue weighted by atomic mass is 9.75. The lowest BCUT2D eigenvalue weighted by Gasteiger charge is -2.36. The summed E-state index contributed by atoms with van der Waals surface area (Å²) in [6.07, 6.45) is 7.43. The molecule has 1 unspecified atom stereocenters. The summed E-state index contributed by atoms with van der Waals surface area (Å²) < 4.78 is 0. The van der Waals surface area contributed by atoms with Crippen LogP contribution >= 0.6 is 0 Å². The van der Waals surface area contributed by atoms with Crippen molar-refractivity contribution < 1.29 is 0 Å². The van der Waals surface area contributed by atoms with Gasteiger partial charge in [-0.25, -0.2) is 0 Å². The van der Waals surface area contributed by atoms with Gasteiger partial charge in [0.15, 0.2) is 0 Å². The predicted octanol–water partition coefficient (Wildman–Crippen LogP) is 1.63. The summed E-state index contributed by atoms with van der Waals surface area (Å²) >= 11 is 0. The SMILES string of the molecule is CCCCCC(N)C1CC(N)C1. The van der Waals surface area contributed by atoms with E-state index in [-0.39, 0.29) is 0 Å². The number of nitrogens with two attached hydrogens (primary N) is 2. The molecule has 1 fully saturated rings. The van der Waals surface area contributed by atoms with Crippen LogP contribution in [-0.2, 0) is 0 Å². The lowest BCUT2D eigenvalue weighted by Crippen LogP contribution is -2.45. The fourth-order valence-electron chi connectivity index (χ4n) is 1.92. The van der Waals surface area contributed by atoms with Crippen LogP contribution in [0.2, 0.25) is 0 Å². The molecule has 12 heavy (non-hydrogen) atoms. The molecule has 1 aliphatic carbocycles. The third-order valence-electron chi connectivity index (χ3n) is 2.96. The first-order chi connectivity index (χ1) is 5.74. The summed E-state index contributed by atoms with van der Waals surface area (Å²) in [7, 11) is 0. The largest absolute Gasteiger partial charge is 0.328 e. The molecule has 72 valence electrons. The molecule has 0 radical (unpaired) electrons. The van der Waals surface area contributed by atoms with Gasteiger partial charge in [0.05, 0.1) is 0 Å². The zero-order valence-electron chi connectivity index (χ0n) is 8.13. The van der Waals surface area contributed by atoms with Gasteiger partial charge in [-0.3, -0.25) is 0 Å². The highest BCUT2D eigenvalue weighted by Crippen LogP contribution is 2.29. The van der Waals surface area contributed by atoms with Crippen LogP contribution in [-0.4, -0.2) is 12.1 Å². The molecule has 0 saturated heterocycles. The first-order valence-electron chi connectivity index (χ1n) is 5.25. The zero-order chi connectivity index (χ0) is 8.97. The first kappa shape index (κ1) is 10.0. The molecule has 2 nitrogen and oxygen atoms in total. The molecule has 0 spiro atoms.